The Hall–Kier alpha value is -2.26. The number of carbonyl (C=O) groups is 1. The molecule has 0 aromatic carbocycles. The van der Waals surface area contributed by atoms with E-state index in [4.69, 9.17) is 18.7 Å². The van der Waals surface area contributed by atoms with Gasteiger partial charge in [-0.3, -0.25) is 0 Å². The zero-order chi connectivity index (χ0) is 23.9. The van der Waals surface area contributed by atoms with Crippen LogP contribution in [0, 0.1) is 5.41 Å². The van der Waals surface area contributed by atoms with Crippen LogP contribution < -0.4 is 0 Å². The summed E-state index contributed by atoms with van der Waals surface area (Å²) in [5.74, 6) is -0.890. The largest absolute Gasteiger partial charge is 0.476 e. The van der Waals surface area contributed by atoms with Crippen LogP contribution >= 0.6 is 0 Å². The van der Waals surface area contributed by atoms with Gasteiger partial charge in [0.05, 0.1) is 12.2 Å². The van der Waals surface area contributed by atoms with Crippen LogP contribution in [0.1, 0.15) is 43.6 Å². The lowest BCUT2D eigenvalue weighted by atomic mass is 9.79. The molecule has 2 rings (SSSR count). The normalized spacial score (nSPS) is 21.8. The van der Waals surface area contributed by atoms with Crippen molar-refractivity contribution in [1.29, 1.82) is 0 Å². The molecule has 0 radical (unpaired) electrons. The predicted molar refractivity (Wildman–Crippen MR) is 127 cm³/mol. The maximum atomic E-state index is 10.8. The number of aromatic carboxylic acids is 1. The number of carboxylic acid groups (broad SMARTS) is 1. The lowest BCUT2D eigenvalue weighted by molar-refractivity contribution is -0.0136. The number of ether oxygens (including phenoxy) is 1. The number of aliphatic hydroxyl groups excluding tert-OH is 1. The standard InChI is InChI=1S/C24H35NO6Si/c1-7-11-20(26)24(2,3)21(31-32(4,5)6)14-10-13-19-18(30-19)12-8-9-15-22-25-17(16-29-22)23(27)28/h7-13,15-16,18-21,26H,14H2,1-6H3,(H,27,28)/b11-7+,12-8+,13-10-,15-9-/t18-,19+,20-,21-/m0/s1. The van der Waals surface area contributed by atoms with Gasteiger partial charge >= 0.3 is 5.97 Å². The van der Waals surface area contributed by atoms with E-state index in [1.165, 1.54) is 0 Å². The van der Waals surface area contributed by atoms with Gasteiger partial charge < -0.3 is 23.8 Å². The highest BCUT2D eigenvalue weighted by molar-refractivity contribution is 6.69. The molecule has 0 spiro atoms. The Morgan fingerprint density at radius 1 is 1.28 bits per heavy atom. The first kappa shape index (κ1) is 26.0. The first-order chi connectivity index (χ1) is 14.9. The Balaban J connectivity index is 1.89. The number of oxazole rings is 1. The van der Waals surface area contributed by atoms with E-state index in [0.717, 1.165) is 6.26 Å². The fourth-order valence-corrected chi connectivity index (χ4v) is 4.36. The number of allylic oxidation sites excluding steroid dienone is 3. The molecule has 1 fully saturated rings. The minimum Gasteiger partial charge on any atom is -0.476 e. The van der Waals surface area contributed by atoms with Gasteiger partial charge in [0.2, 0.25) is 5.89 Å². The molecule has 4 atom stereocenters. The Bertz CT molecular complexity index is 877. The van der Waals surface area contributed by atoms with Crippen LogP contribution in [0.25, 0.3) is 6.08 Å². The number of hydrogen-bond acceptors (Lipinski definition) is 6. The maximum Gasteiger partial charge on any atom is 0.357 e. The van der Waals surface area contributed by atoms with E-state index in [1.54, 1.807) is 12.2 Å². The van der Waals surface area contributed by atoms with Crippen molar-refractivity contribution in [3.8, 4) is 0 Å². The molecule has 2 N–H and O–H groups in total. The van der Waals surface area contributed by atoms with Gasteiger partial charge in [0.1, 0.15) is 18.5 Å². The zero-order valence-corrected chi connectivity index (χ0v) is 20.7. The van der Waals surface area contributed by atoms with Crippen molar-refractivity contribution in [3.63, 3.8) is 0 Å². The molecule has 7 nitrogen and oxygen atoms in total. The fraction of sp³-hybridized carbons (Fsp3) is 0.500. The van der Waals surface area contributed by atoms with E-state index < -0.39 is 25.8 Å². The molecule has 1 aliphatic heterocycles. The van der Waals surface area contributed by atoms with E-state index in [1.807, 2.05) is 51.2 Å². The number of epoxide rings is 1. The highest BCUT2D eigenvalue weighted by Gasteiger charge is 2.38. The molecule has 1 aromatic heterocycles. The molecule has 2 heterocycles. The first-order valence-corrected chi connectivity index (χ1v) is 14.2. The highest BCUT2D eigenvalue weighted by Crippen LogP contribution is 2.34. The maximum absolute atomic E-state index is 10.8. The topological polar surface area (TPSA) is 105 Å². The molecule has 32 heavy (non-hydrogen) atoms. The molecule has 0 saturated carbocycles. The van der Waals surface area contributed by atoms with Crippen LogP contribution in [0.3, 0.4) is 0 Å². The Kier molecular flexibility index (Phi) is 8.97. The number of hydrogen-bond donors (Lipinski definition) is 2. The summed E-state index contributed by atoms with van der Waals surface area (Å²) in [5.41, 5.74) is -0.548. The molecule has 0 amide bonds. The van der Waals surface area contributed by atoms with Crippen LogP contribution in [0.4, 0.5) is 0 Å². The molecule has 0 bridgehead atoms. The first-order valence-electron chi connectivity index (χ1n) is 10.8. The van der Waals surface area contributed by atoms with Gasteiger partial charge in [-0.15, -0.1) is 0 Å². The second kappa shape index (κ2) is 11.0. The van der Waals surface area contributed by atoms with E-state index in [0.29, 0.717) is 6.42 Å². The molecule has 8 heteroatoms. The molecule has 1 saturated heterocycles. The van der Waals surface area contributed by atoms with Gasteiger partial charge in [0, 0.05) is 11.5 Å². The summed E-state index contributed by atoms with van der Waals surface area (Å²) in [5, 5.41) is 19.4. The van der Waals surface area contributed by atoms with Crippen molar-refractivity contribution in [3.05, 3.63) is 60.4 Å². The fourth-order valence-electron chi connectivity index (χ4n) is 3.11. The summed E-state index contributed by atoms with van der Waals surface area (Å²) in [6.07, 6.45) is 15.9. The molecule has 1 aliphatic rings. The van der Waals surface area contributed by atoms with E-state index >= 15 is 0 Å². The SMILES string of the molecule is C/C=C/[C@H](O)C(C)(C)[C@H](C/C=C\[C@H]1O[C@H]1/C=C/C=C\c1nc(C(=O)O)co1)O[Si](C)(C)C. The van der Waals surface area contributed by atoms with Crippen molar-refractivity contribution in [1.82, 2.24) is 4.98 Å². The van der Waals surface area contributed by atoms with Crippen LogP contribution in [-0.2, 0) is 9.16 Å². The lowest BCUT2D eigenvalue weighted by Crippen LogP contribution is -2.45. The lowest BCUT2D eigenvalue weighted by Gasteiger charge is -2.40. The van der Waals surface area contributed by atoms with E-state index in [-0.39, 0.29) is 29.9 Å². The third-order valence-corrected chi connectivity index (χ3v) is 6.08. The monoisotopic (exact) mass is 461 g/mol. The Morgan fingerprint density at radius 3 is 2.56 bits per heavy atom. The molecular weight excluding hydrogens is 426 g/mol. The van der Waals surface area contributed by atoms with Crippen LogP contribution in [0.2, 0.25) is 19.6 Å². The van der Waals surface area contributed by atoms with Gasteiger partial charge in [-0.05, 0) is 33.0 Å². The zero-order valence-electron chi connectivity index (χ0n) is 19.7. The van der Waals surface area contributed by atoms with Crippen molar-refractivity contribution >= 4 is 20.4 Å². The minimum absolute atomic E-state index is 0.00646. The second-order valence-electron chi connectivity index (χ2n) is 9.36. The Labute approximate surface area is 191 Å². The van der Waals surface area contributed by atoms with Gasteiger partial charge in [0.25, 0.3) is 0 Å². The van der Waals surface area contributed by atoms with Gasteiger partial charge in [-0.25, -0.2) is 9.78 Å². The minimum atomic E-state index is -1.79. The summed E-state index contributed by atoms with van der Waals surface area (Å²) < 4.78 is 17.1. The summed E-state index contributed by atoms with van der Waals surface area (Å²) in [6, 6.07) is 0. The van der Waals surface area contributed by atoms with Gasteiger partial charge in [-0.2, -0.15) is 0 Å². The van der Waals surface area contributed by atoms with Crippen molar-refractivity contribution in [2.45, 2.75) is 71.2 Å². The quantitative estimate of drug-likeness (QED) is 0.199. The third kappa shape index (κ3) is 8.02. The Morgan fingerprint density at radius 2 is 1.97 bits per heavy atom. The van der Waals surface area contributed by atoms with Crippen molar-refractivity contribution in [2.75, 3.05) is 0 Å². The summed E-state index contributed by atoms with van der Waals surface area (Å²) in [4.78, 5) is 14.6. The summed E-state index contributed by atoms with van der Waals surface area (Å²) >= 11 is 0. The van der Waals surface area contributed by atoms with Crippen molar-refractivity contribution in [2.24, 2.45) is 5.41 Å². The number of aliphatic hydroxyl groups is 1. The average molecular weight is 462 g/mol. The average Bonchev–Trinajstić information content (AvgIpc) is 3.25. The predicted octanol–water partition coefficient (Wildman–Crippen LogP) is 4.84. The van der Waals surface area contributed by atoms with Gasteiger partial charge in [-0.1, -0.05) is 56.4 Å². The third-order valence-electron chi connectivity index (χ3n) is 5.09. The molecule has 176 valence electrons. The molecule has 1 aromatic rings. The molecular formula is C24H35NO6Si. The van der Waals surface area contributed by atoms with E-state index in [2.05, 4.69) is 30.7 Å². The summed E-state index contributed by atoms with van der Waals surface area (Å²) in [6.45, 7) is 12.4. The number of carboxylic acids is 1. The van der Waals surface area contributed by atoms with Gasteiger partial charge in [0.15, 0.2) is 14.0 Å². The van der Waals surface area contributed by atoms with Crippen LogP contribution in [-0.4, -0.2) is 53.9 Å². The van der Waals surface area contributed by atoms with Crippen molar-refractivity contribution < 1.29 is 28.6 Å². The summed E-state index contributed by atoms with van der Waals surface area (Å²) in [7, 11) is -1.79. The van der Waals surface area contributed by atoms with E-state index in [9.17, 15) is 9.90 Å². The smallest absolute Gasteiger partial charge is 0.357 e. The number of nitrogens with zero attached hydrogens (tertiary/aromatic N) is 1. The molecule has 0 aliphatic carbocycles. The second-order valence-corrected chi connectivity index (χ2v) is 13.8. The highest BCUT2D eigenvalue weighted by atomic mass is 28.4. The number of aromatic nitrogens is 1. The van der Waals surface area contributed by atoms with Crippen LogP contribution in [0.15, 0.2) is 53.2 Å². The van der Waals surface area contributed by atoms with Crippen LogP contribution in [0.5, 0.6) is 0 Å². The number of rotatable bonds is 12. The molecule has 0 unspecified atom stereocenters.